The summed E-state index contributed by atoms with van der Waals surface area (Å²) in [6.45, 7) is 1.98. The second-order valence-electron chi connectivity index (χ2n) is 5.40. The molecule has 5 heteroatoms. The third kappa shape index (κ3) is 4.57. The molecule has 0 fully saturated rings. The van der Waals surface area contributed by atoms with Gasteiger partial charge in [0.1, 0.15) is 5.75 Å². The summed E-state index contributed by atoms with van der Waals surface area (Å²) in [5, 5.41) is 17.0. The van der Waals surface area contributed by atoms with Crippen molar-refractivity contribution in [1.29, 1.82) is 0 Å². The van der Waals surface area contributed by atoms with E-state index < -0.39 is 0 Å². The maximum atomic E-state index is 5.12. The van der Waals surface area contributed by atoms with E-state index in [0.717, 1.165) is 34.1 Å². The van der Waals surface area contributed by atoms with Gasteiger partial charge in [0.2, 0.25) is 0 Å². The van der Waals surface area contributed by atoms with Crippen LogP contribution >= 0.6 is 0 Å². The van der Waals surface area contributed by atoms with Crippen LogP contribution in [0, 0.1) is 6.92 Å². The van der Waals surface area contributed by atoms with Crippen LogP contribution in [0.15, 0.2) is 93.3 Å². The molecule has 0 saturated carbocycles. The quantitative estimate of drug-likeness (QED) is 0.473. The summed E-state index contributed by atoms with van der Waals surface area (Å²) in [7, 11) is 1.63. The molecule has 3 aromatic carbocycles. The Morgan fingerprint density at radius 1 is 0.640 bits per heavy atom. The van der Waals surface area contributed by atoms with Gasteiger partial charge in [-0.25, -0.2) is 0 Å². The standard InChI is InChI=1S/C20H18N4O/c1-15-14-18(23-21-17-8-11-19(25-2)12-9-17)10-13-20(15)24-22-16-6-4-3-5-7-16/h3-14H,1-2H3. The van der Waals surface area contributed by atoms with Crippen LogP contribution in [0.4, 0.5) is 22.7 Å². The van der Waals surface area contributed by atoms with E-state index in [0.29, 0.717) is 0 Å². The number of methoxy groups -OCH3 is 1. The highest BCUT2D eigenvalue weighted by Gasteiger charge is 1.99. The number of nitrogens with zero attached hydrogens (tertiary/aromatic N) is 4. The molecule has 3 aromatic rings. The van der Waals surface area contributed by atoms with Crippen LogP contribution in [0.2, 0.25) is 0 Å². The molecule has 5 nitrogen and oxygen atoms in total. The molecule has 124 valence electrons. The fourth-order valence-electron chi connectivity index (χ4n) is 2.18. The Morgan fingerprint density at radius 3 is 1.92 bits per heavy atom. The number of hydrogen-bond acceptors (Lipinski definition) is 5. The first-order chi connectivity index (χ1) is 12.2. The highest BCUT2D eigenvalue weighted by Crippen LogP contribution is 2.27. The average molecular weight is 330 g/mol. The van der Waals surface area contributed by atoms with Crippen molar-refractivity contribution in [2.24, 2.45) is 20.5 Å². The Morgan fingerprint density at radius 2 is 1.24 bits per heavy atom. The highest BCUT2D eigenvalue weighted by molar-refractivity contribution is 5.54. The third-order valence-electron chi connectivity index (χ3n) is 3.56. The summed E-state index contributed by atoms with van der Waals surface area (Å²) < 4.78 is 5.12. The first-order valence-corrected chi connectivity index (χ1v) is 7.88. The first kappa shape index (κ1) is 16.5. The Bertz CT molecular complexity index is 887. The third-order valence-corrected chi connectivity index (χ3v) is 3.56. The predicted octanol–water partition coefficient (Wildman–Crippen LogP) is 6.83. The minimum atomic E-state index is 0.770. The fraction of sp³-hybridized carbons (Fsp3) is 0.100. The van der Waals surface area contributed by atoms with Crippen LogP contribution in [0.5, 0.6) is 5.75 Å². The summed E-state index contributed by atoms with van der Waals surface area (Å²) in [5.74, 6) is 0.794. The second kappa shape index (κ2) is 7.97. The van der Waals surface area contributed by atoms with E-state index in [1.165, 1.54) is 0 Å². The summed E-state index contributed by atoms with van der Waals surface area (Å²) in [6, 6.07) is 22.8. The lowest BCUT2D eigenvalue weighted by Gasteiger charge is -2.01. The summed E-state index contributed by atoms with van der Waals surface area (Å²) in [6.07, 6.45) is 0. The van der Waals surface area contributed by atoms with Crippen LogP contribution in [-0.4, -0.2) is 7.11 Å². The van der Waals surface area contributed by atoms with Crippen LogP contribution in [0.3, 0.4) is 0 Å². The van der Waals surface area contributed by atoms with Gasteiger partial charge >= 0.3 is 0 Å². The van der Waals surface area contributed by atoms with Gasteiger partial charge in [-0.3, -0.25) is 0 Å². The zero-order valence-electron chi connectivity index (χ0n) is 14.1. The molecule has 0 amide bonds. The van der Waals surface area contributed by atoms with Gasteiger partial charge in [0.15, 0.2) is 0 Å². The average Bonchev–Trinajstić information content (AvgIpc) is 2.67. The van der Waals surface area contributed by atoms with Gasteiger partial charge in [-0.1, -0.05) is 18.2 Å². The molecule has 0 aliphatic carbocycles. The second-order valence-corrected chi connectivity index (χ2v) is 5.40. The summed E-state index contributed by atoms with van der Waals surface area (Å²) >= 11 is 0. The predicted molar refractivity (Wildman–Crippen MR) is 99.0 cm³/mol. The fourth-order valence-corrected chi connectivity index (χ4v) is 2.18. The van der Waals surface area contributed by atoms with E-state index in [-0.39, 0.29) is 0 Å². The van der Waals surface area contributed by atoms with Gasteiger partial charge < -0.3 is 4.74 Å². The molecule has 0 heterocycles. The van der Waals surface area contributed by atoms with E-state index >= 15 is 0 Å². The van der Waals surface area contributed by atoms with Gasteiger partial charge in [0, 0.05) is 0 Å². The molecule has 25 heavy (non-hydrogen) atoms. The molecule has 0 unspecified atom stereocenters. The van der Waals surface area contributed by atoms with Crippen LogP contribution in [-0.2, 0) is 0 Å². The van der Waals surface area contributed by atoms with Crippen molar-refractivity contribution in [3.05, 3.63) is 78.4 Å². The van der Waals surface area contributed by atoms with Crippen molar-refractivity contribution in [1.82, 2.24) is 0 Å². The number of rotatable bonds is 5. The molecule has 0 saturated heterocycles. The number of azo groups is 2. The van der Waals surface area contributed by atoms with Gasteiger partial charge in [-0.2, -0.15) is 20.5 Å². The molecule has 0 N–H and O–H groups in total. The van der Waals surface area contributed by atoms with Crippen LogP contribution < -0.4 is 4.74 Å². The van der Waals surface area contributed by atoms with E-state index in [4.69, 9.17) is 4.74 Å². The summed E-state index contributed by atoms with van der Waals surface area (Å²) in [5.41, 5.74) is 4.17. The van der Waals surface area contributed by atoms with Crippen molar-refractivity contribution >= 4 is 22.7 Å². The molecule has 0 radical (unpaired) electrons. The molecule has 0 bridgehead atoms. The first-order valence-electron chi connectivity index (χ1n) is 7.88. The summed E-state index contributed by atoms with van der Waals surface area (Å²) in [4.78, 5) is 0. The van der Waals surface area contributed by atoms with Crippen molar-refractivity contribution in [3.8, 4) is 5.75 Å². The van der Waals surface area contributed by atoms with Crippen LogP contribution in [0.1, 0.15) is 5.56 Å². The smallest absolute Gasteiger partial charge is 0.119 e. The Balaban J connectivity index is 1.72. The van der Waals surface area contributed by atoms with E-state index in [9.17, 15) is 0 Å². The van der Waals surface area contributed by atoms with E-state index in [2.05, 4.69) is 20.5 Å². The normalized spacial score (nSPS) is 11.3. The Labute approximate surface area is 146 Å². The van der Waals surface area contributed by atoms with Crippen molar-refractivity contribution in [3.63, 3.8) is 0 Å². The van der Waals surface area contributed by atoms with E-state index in [1.807, 2.05) is 79.7 Å². The zero-order valence-corrected chi connectivity index (χ0v) is 14.1. The van der Waals surface area contributed by atoms with Crippen molar-refractivity contribution in [2.75, 3.05) is 7.11 Å². The number of aryl methyl sites for hydroxylation is 1. The maximum Gasteiger partial charge on any atom is 0.119 e. The molecule has 0 aliphatic rings. The molecule has 0 aromatic heterocycles. The largest absolute Gasteiger partial charge is 0.497 e. The van der Waals surface area contributed by atoms with Gasteiger partial charge in [-0.05, 0) is 67.1 Å². The van der Waals surface area contributed by atoms with Crippen molar-refractivity contribution in [2.45, 2.75) is 6.92 Å². The van der Waals surface area contributed by atoms with Crippen LogP contribution in [0.25, 0.3) is 0 Å². The lowest BCUT2D eigenvalue weighted by atomic mass is 10.2. The minimum absolute atomic E-state index is 0.770. The number of ether oxygens (including phenoxy) is 1. The van der Waals surface area contributed by atoms with E-state index in [1.54, 1.807) is 7.11 Å². The van der Waals surface area contributed by atoms with Gasteiger partial charge in [0.05, 0.1) is 29.9 Å². The van der Waals surface area contributed by atoms with Gasteiger partial charge in [-0.15, -0.1) is 0 Å². The molecule has 3 rings (SSSR count). The zero-order chi connectivity index (χ0) is 17.5. The monoisotopic (exact) mass is 330 g/mol. The number of hydrogen-bond donors (Lipinski definition) is 0. The topological polar surface area (TPSA) is 58.7 Å². The highest BCUT2D eigenvalue weighted by atomic mass is 16.5. The van der Waals surface area contributed by atoms with Gasteiger partial charge in [0.25, 0.3) is 0 Å². The minimum Gasteiger partial charge on any atom is -0.497 e. The molecule has 0 spiro atoms. The Kier molecular flexibility index (Phi) is 5.26. The lowest BCUT2D eigenvalue weighted by molar-refractivity contribution is 0.415. The lowest BCUT2D eigenvalue weighted by Crippen LogP contribution is -1.79. The molecule has 0 atom stereocenters. The molecule has 0 aliphatic heterocycles. The Hall–Kier alpha value is -3.34. The van der Waals surface area contributed by atoms with Crippen molar-refractivity contribution < 1.29 is 4.74 Å². The molecular weight excluding hydrogens is 312 g/mol. The SMILES string of the molecule is COc1ccc(N=Nc2ccc(N=Nc3ccccc3)c(C)c2)cc1. The molecular formula is C20H18N4O. The maximum absolute atomic E-state index is 5.12. The number of benzene rings is 3.